The molecule has 0 aliphatic rings. The lowest BCUT2D eigenvalue weighted by atomic mass is 10.3. The molecule has 10 heavy (non-hydrogen) atoms. The Bertz CT molecular complexity index is 264. The second kappa shape index (κ2) is 2.43. The Morgan fingerprint density at radius 3 is 2.80 bits per heavy atom. The summed E-state index contributed by atoms with van der Waals surface area (Å²) in [6.07, 6.45) is 0.499. The minimum atomic E-state index is -0.211. The summed E-state index contributed by atoms with van der Waals surface area (Å²) < 4.78 is 4.44. The first-order valence-corrected chi connectivity index (χ1v) is 2.67. The van der Waals surface area contributed by atoms with Crippen molar-refractivity contribution in [3.8, 4) is 0 Å². The fraction of sp³-hybridized carbons (Fsp3) is 0.167. The molecule has 0 saturated heterocycles. The average molecular weight is 139 g/mol. The lowest BCUT2D eigenvalue weighted by Gasteiger charge is -1.76. The zero-order chi connectivity index (χ0) is 7.56. The van der Waals surface area contributed by atoms with Crippen molar-refractivity contribution in [3.05, 3.63) is 17.5 Å². The molecule has 0 N–H and O–H groups in total. The van der Waals surface area contributed by atoms with Crippen LogP contribution >= 0.6 is 0 Å². The number of hydrogen-bond donors (Lipinski definition) is 0. The standard InChI is InChI=1S/C6H5NO3/c1-4(9)6-2-5(3-8)10-7-6/h2-3H,1H3. The number of hydrogen-bond acceptors (Lipinski definition) is 4. The Labute approximate surface area is 56.8 Å². The van der Waals surface area contributed by atoms with Gasteiger partial charge in [0.25, 0.3) is 0 Å². The summed E-state index contributed by atoms with van der Waals surface area (Å²) in [5.74, 6) is -0.137. The Balaban J connectivity index is 2.98. The minimum Gasteiger partial charge on any atom is -0.353 e. The fourth-order valence-electron chi connectivity index (χ4n) is 0.511. The highest BCUT2D eigenvalue weighted by atomic mass is 16.5. The molecule has 0 aliphatic heterocycles. The van der Waals surface area contributed by atoms with Crippen molar-refractivity contribution in [3.63, 3.8) is 0 Å². The van der Waals surface area contributed by atoms with E-state index in [1.807, 2.05) is 0 Å². The number of carbonyl (C=O) groups excluding carboxylic acids is 2. The van der Waals surface area contributed by atoms with Crippen LogP contribution in [-0.4, -0.2) is 17.2 Å². The van der Waals surface area contributed by atoms with Gasteiger partial charge in [0.05, 0.1) is 0 Å². The lowest BCUT2D eigenvalue weighted by Crippen LogP contribution is -1.89. The normalized spacial score (nSPS) is 9.30. The predicted octanol–water partition coefficient (Wildman–Crippen LogP) is 0.690. The van der Waals surface area contributed by atoms with Crippen molar-refractivity contribution in [1.82, 2.24) is 5.16 Å². The molecule has 0 fully saturated rings. The van der Waals surface area contributed by atoms with Crippen molar-refractivity contribution in [1.29, 1.82) is 0 Å². The Morgan fingerprint density at radius 1 is 1.80 bits per heavy atom. The van der Waals surface area contributed by atoms with Gasteiger partial charge in [0.15, 0.2) is 17.8 Å². The molecule has 1 aromatic rings. The number of Topliss-reactive ketones (excluding diaryl/α,β-unsaturated/α-hetero) is 1. The van der Waals surface area contributed by atoms with Gasteiger partial charge in [0, 0.05) is 13.0 Å². The maximum absolute atomic E-state index is 10.5. The molecule has 0 aliphatic carbocycles. The smallest absolute Gasteiger partial charge is 0.199 e. The molecular formula is C6H5NO3. The van der Waals surface area contributed by atoms with Crippen molar-refractivity contribution in [2.45, 2.75) is 6.92 Å². The highest BCUT2D eigenvalue weighted by Crippen LogP contribution is 2.00. The largest absolute Gasteiger partial charge is 0.353 e. The molecule has 1 aromatic heterocycles. The molecule has 0 spiro atoms. The van der Waals surface area contributed by atoms with Crippen molar-refractivity contribution < 1.29 is 14.1 Å². The molecule has 0 bridgehead atoms. The number of rotatable bonds is 2. The van der Waals surface area contributed by atoms with E-state index in [0.717, 1.165) is 0 Å². The van der Waals surface area contributed by atoms with E-state index in [0.29, 0.717) is 6.29 Å². The molecule has 0 aromatic carbocycles. The van der Waals surface area contributed by atoms with Crippen LogP contribution in [-0.2, 0) is 0 Å². The number of nitrogens with zero attached hydrogens (tertiary/aromatic N) is 1. The third kappa shape index (κ3) is 1.10. The molecular weight excluding hydrogens is 134 g/mol. The molecule has 0 radical (unpaired) electrons. The Hall–Kier alpha value is -1.45. The maximum atomic E-state index is 10.5. The van der Waals surface area contributed by atoms with Crippen LogP contribution in [0, 0.1) is 0 Å². The second-order valence-corrected chi connectivity index (χ2v) is 1.79. The van der Waals surface area contributed by atoms with Crippen LogP contribution in [0.2, 0.25) is 0 Å². The van der Waals surface area contributed by atoms with E-state index >= 15 is 0 Å². The van der Waals surface area contributed by atoms with Gasteiger partial charge in [-0.2, -0.15) is 0 Å². The second-order valence-electron chi connectivity index (χ2n) is 1.79. The van der Waals surface area contributed by atoms with Crippen molar-refractivity contribution in [2.75, 3.05) is 0 Å². The van der Waals surface area contributed by atoms with Gasteiger partial charge in [-0.05, 0) is 0 Å². The lowest BCUT2D eigenvalue weighted by molar-refractivity contribution is 0.100. The van der Waals surface area contributed by atoms with Gasteiger partial charge in [-0.25, -0.2) is 0 Å². The number of ketones is 1. The molecule has 1 rings (SSSR count). The molecule has 0 unspecified atom stereocenters. The summed E-state index contributed by atoms with van der Waals surface area (Å²) in [7, 11) is 0. The summed E-state index contributed by atoms with van der Waals surface area (Å²) >= 11 is 0. The predicted molar refractivity (Wildman–Crippen MR) is 31.9 cm³/mol. The third-order valence-corrected chi connectivity index (χ3v) is 1.01. The van der Waals surface area contributed by atoms with E-state index in [-0.39, 0.29) is 17.2 Å². The summed E-state index contributed by atoms with van der Waals surface area (Å²) in [5, 5.41) is 3.33. The number of aromatic nitrogens is 1. The monoisotopic (exact) mass is 139 g/mol. The van der Waals surface area contributed by atoms with Crippen LogP contribution < -0.4 is 0 Å². The molecule has 4 heteroatoms. The summed E-state index contributed by atoms with van der Waals surface area (Å²) in [5.41, 5.74) is 0.183. The van der Waals surface area contributed by atoms with Crippen LogP contribution in [0.15, 0.2) is 10.6 Å². The first-order valence-electron chi connectivity index (χ1n) is 2.67. The van der Waals surface area contributed by atoms with Gasteiger partial charge in [-0.1, -0.05) is 5.16 Å². The van der Waals surface area contributed by atoms with Crippen molar-refractivity contribution in [2.24, 2.45) is 0 Å². The van der Waals surface area contributed by atoms with E-state index in [4.69, 9.17) is 0 Å². The summed E-state index contributed by atoms with van der Waals surface area (Å²) in [6, 6.07) is 1.30. The van der Waals surface area contributed by atoms with Crippen LogP contribution in [0.25, 0.3) is 0 Å². The van der Waals surface area contributed by atoms with Gasteiger partial charge < -0.3 is 4.52 Å². The highest BCUT2D eigenvalue weighted by Gasteiger charge is 2.05. The quantitative estimate of drug-likeness (QED) is 0.446. The van der Waals surface area contributed by atoms with E-state index in [1.165, 1.54) is 13.0 Å². The van der Waals surface area contributed by atoms with Crippen LogP contribution in [0.4, 0.5) is 0 Å². The van der Waals surface area contributed by atoms with Gasteiger partial charge in [0.2, 0.25) is 0 Å². The molecule has 0 amide bonds. The maximum Gasteiger partial charge on any atom is 0.199 e. The van der Waals surface area contributed by atoms with Crippen molar-refractivity contribution >= 4 is 12.1 Å². The highest BCUT2D eigenvalue weighted by molar-refractivity contribution is 5.93. The topological polar surface area (TPSA) is 60.2 Å². The third-order valence-electron chi connectivity index (χ3n) is 1.01. The van der Waals surface area contributed by atoms with Gasteiger partial charge in [0.1, 0.15) is 5.69 Å². The van der Waals surface area contributed by atoms with Gasteiger partial charge >= 0.3 is 0 Å². The minimum absolute atomic E-state index is 0.0743. The Kier molecular flexibility index (Phi) is 1.62. The van der Waals surface area contributed by atoms with Crippen LogP contribution in [0.1, 0.15) is 28.0 Å². The van der Waals surface area contributed by atoms with Gasteiger partial charge in [-0.3, -0.25) is 9.59 Å². The van der Waals surface area contributed by atoms with Gasteiger partial charge in [-0.15, -0.1) is 0 Å². The number of carbonyl (C=O) groups is 2. The average Bonchev–Trinajstić information content (AvgIpc) is 2.34. The van der Waals surface area contributed by atoms with Crippen LogP contribution in [0.5, 0.6) is 0 Å². The SMILES string of the molecule is CC(=O)c1cc(C=O)on1. The molecule has 0 saturated carbocycles. The zero-order valence-corrected chi connectivity index (χ0v) is 5.33. The molecule has 1 heterocycles. The summed E-state index contributed by atoms with van der Waals surface area (Å²) in [6.45, 7) is 1.35. The first kappa shape index (κ1) is 6.67. The first-order chi connectivity index (χ1) is 4.74. The fourth-order valence-corrected chi connectivity index (χ4v) is 0.511. The van der Waals surface area contributed by atoms with E-state index in [2.05, 4.69) is 9.68 Å². The van der Waals surface area contributed by atoms with E-state index in [9.17, 15) is 9.59 Å². The number of aldehydes is 1. The molecule has 4 nitrogen and oxygen atoms in total. The van der Waals surface area contributed by atoms with E-state index in [1.54, 1.807) is 0 Å². The zero-order valence-electron chi connectivity index (χ0n) is 5.33. The van der Waals surface area contributed by atoms with E-state index < -0.39 is 0 Å². The summed E-state index contributed by atoms with van der Waals surface area (Å²) in [4.78, 5) is 20.5. The van der Waals surface area contributed by atoms with Crippen LogP contribution in [0.3, 0.4) is 0 Å². The Morgan fingerprint density at radius 2 is 2.50 bits per heavy atom. The molecule has 52 valence electrons. The molecule has 0 atom stereocenters.